The highest BCUT2D eigenvalue weighted by Gasteiger charge is 2.15. The van der Waals surface area contributed by atoms with Gasteiger partial charge in [0.25, 0.3) is 0 Å². The molecule has 1 aliphatic heterocycles. The summed E-state index contributed by atoms with van der Waals surface area (Å²) in [7, 11) is 0. The molecule has 5 heteroatoms. The van der Waals surface area contributed by atoms with Gasteiger partial charge < -0.3 is 14.8 Å². The van der Waals surface area contributed by atoms with Crippen LogP contribution in [0.5, 0.6) is 11.5 Å². The van der Waals surface area contributed by atoms with E-state index in [0.717, 1.165) is 41.1 Å². The van der Waals surface area contributed by atoms with Crippen LogP contribution in [0.25, 0.3) is 10.8 Å². The quantitative estimate of drug-likeness (QED) is 0.798. The first kappa shape index (κ1) is 12.5. The summed E-state index contributed by atoms with van der Waals surface area (Å²) in [4.78, 5) is 5.82. The summed E-state index contributed by atoms with van der Waals surface area (Å²) in [5.41, 5.74) is 0. The topological polar surface area (TPSA) is 43.4 Å². The van der Waals surface area contributed by atoms with Gasteiger partial charge in [0.05, 0.1) is 0 Å². The normalized spacial score (nSPS) is 12.8. The minimum atomic E-state index is 0.292. The molecule has 0 fully saturated rings. The van der Waals surface area contributed by atoms with E-state index in [1.807, 2.05) is 24.4 Å². The Labute approximate surface area is 126 Å². The predicted molar refractivity (Wildman–Crippen MR) is 84.4 cm³/mol. The van der Waals surface area contributed by atoms with E-state index in [4.69, 9.17) is 9.47 Å². The van der Waals surface area contributed by atoms with Crippen molar-refractivity contribution < 1.29 is 9.47 Å². The number of pyridine rings is 1. The van der Waals surface area contributed by atoms with Crippen LogP contribution in [0.4, 0.5) is 5.82 Å². The van der Waals surface area contributed by atoms with Gasteiger partial charge in [-0.3, -0.25) is 0 Å². The fraction of sp³-hybridized carbons (Fsp3) is 0.188. The van der Waals surface area contributed by atoms with Crippen LogP contribution in [-0.2, 0) is 6.42 Å². The summed E-state index contributed by atoms with van der Waals surface area (Å²) in [5, 5.41) is 7.69. The lowest BCUT2D eigenvalue weighted by Gasteiger charge is -2.09. The number of fused-ring (bicyclic) bond motifs is 2. The van der Waals surface area contributed by atoms with Gasteiger partial charge in [-0.1, -0.05) is 6.07 Å². The van der Waals surface area contributed by atoms with Gasteiger partial charge in [0.15, 0.2) is 11.5 Å². The number of ether oxygens (including phenoxy) is 2. The third-order valence-electron chi connectivity index (χ3n) is 3.50. The molecule has 4 rings (SSSR count). The molecule has 0 spiro atoms. The summed E-state index contributed by atoms with van der Waals surface area (Å²) >= 11 is 1.78. The molecule has 1 N–H and O–H groups in total. The maximum Gasteiger partial charge on any atom is 0.231 e. The number of anilines is 1. The maximum absolute atomic E-state index is 5.45. The number of nitrogens with one attached hydrogen (secondary N) is 1. The maximum atomic E-state index is 5.45. The second-order valence-electron chi connectivity index (χ2n) is 4.84. The minimum absolute atomic E-state index is 0.292. The Hall–Kier alpha value is -2.27. The molecule has 2 aromatic heterocycles. The Morgan fingerprint density at radius 1 is 1.19 bits per heavy atom. The number of nitrogens with zero attached hydrogens (tertiary/aromatic N) is 1. The molecule has 0 bridgehead atoms. The zero-order valence-corrected chi connectivity index (χ0v) is 12.2. The van der Waals surface area contributed by atoms with Crippen molar-refractivity contribution in [2.75, 3.05) is 18.7 Å². The lowest BCUT2D eigenvalue weighted by atomic mass is 10.1. The molecular formula is C16H14N2O2S. The molecule has 21 heavy (non-hydrogen) atoms. The lowest BCUT2D eigenvalue weighted by Crippen LogP contribution is -2.05. The van der Waals surface area contributed by atoms with Gasteiger partial charge in [0, 0.05) is 23.0 Å². The Morgan fingerprint density at radius 3 is 2.95 bits per heavy atom. The molecule has 0 radical (unpaired) electrons. The van der Waals surface area contributed by atoms with E-state index in [2.05, 4.69) is 27.8 Å². The summed E-state index contributed by atoms with van der Waals surface area (Å²) in [6, 6.07) is 10.2. The van der Waals surface area contributed by atoms with Crippen molar-refractivity contribution in [2.24, 2.45) is 0 Å². The van der Waals surface area contributed by atoms with Gasteiger partial charge in [-0.2, -0.15) is 0 Å². The van der Waals surface area contributed by atoms with Crippen LogP contribution >= 0.6 is 11.3 Å². The van der Waals surface area contributed by atoms with Crippen LogP contribution in [0.2, 0.25) is 0 Å². The number of rotatable bonds is 4. The Bertz CT molecular complexity index is 771. The summed E-state index contributed by atoms with van der Waals surface area (Å²) in [5.74, 6) is 2.48. The standard InChI is InChI=1S/C16H14N2O2S/c1-2-12(21-7-1)4-6-18-16-13-9-15-14(19-10-20-15)8-11(13)3-5-17-16/h1-3,5,7-9H,4,6,10H2,(H,17,18). The van der Waals surface area contributed by atoms with E-state index < -0.39 is 0 Å². The average molecular weight is 298 g/mol. The Balaban J connectivity index is 1.59. The Kier molecular flexibility index (Phi) is 3.12. The summed E-state index contributed by atoms with van der Waals surface area (Å²) < 4.78 is 10.9. The molecular weight excluding hydrogens is 284 g/mol. The molecule has 1 aromatic carbocycles. The number of hydrogen-bond acceptors (Lipinski definition) is 5. The zero-order valence-electron chi connectivity index (χ0n) is 11.3. The third kappa shape index (κ3) is 2.40. The van der Waals surface area contributed by atoms with Crippen molar-refractivity contribution >= 4 is 27.9 Å². The first-order valence-electron chi connectivity index (χ1n) is 6.85. The molecule has 4 nitrogen and oxygen atoms in total. The zero-order chi connectivity index (χ0) is 14.1. The van der Waals surface area contributed by atoms with Gasteiger partial charge in [0.2, 0.25) is 6.79 Å². The SMILES string of the molecule is c1csc(CCNc2nccc3cc4c(cc23)OCO4)c1. The predicted octanol–water partition coefficient (Wildman–Crippen LogP) is 3.68. The third-order valence-corrected chi connectivity index (χ3v) is 4.44. The Morgan fingerprint density at radius 2 is 2.10 bits per heavy atom. The van der Waals surface area contributed by atoms with Crippen molar-refractivity contribution in [2.45, 2.75) is 6.42 Å². The van der Waals surface area contributed by atoms with Gasteiger partial charge in [-0.05, 0) is 41.5 Å². The first-order chi connectivity index (χ1) is 10.4. The molecule has 3 heterocycles. The van der Waals surface area contributed by atoms with Crippen molar-refractivity contribution in [3.05, 3.63) is 46.8 Å². The molecule has 106 valence electrons. The van der Waals surface area contributed by atoms with Gasteiger partial charge in [-0.15, -0.1) is 11.3 Å². The highest BCUT2D eigenvalue weighted by atomic mass is 32.1. The molecule has 1 aliphatic rings. The molecule has 0 amide bonds. The van der Waals surface area contributed by atoms with E-state index in [1.54, 1.807) is 11.3 Å². The lowest BCUT2D eigenvalue weighted by molar-refractivity contribution is 0.174. The molecule has 0 atom stereocenters. The van der Waals surface area contributed by atoms with Crippen molar-refractivity contribution in [1.82, 2.24) is 4.98 Å². The van der Waals surface area contributed by atoms with E-state index >= 15 is 0 Å². The number of benzene rings is 1. The summed E-state index contributed by atoms with van der Waals surface area (Å²) in [6.45, 7) is 1.15. The summed E-state index contributed by atoms with van der Waals surface area (Å²) in [6.07, 6.45) is 2.82. The van der Waals surface area contributed by atoms with Crippen LogP contribution in [0, 0.1) is 0 Å². The van der Waals surface area contributed by atoms with Crippen molar-refractivity contribution in [3.63, 3.8) is 0 Å². The van der Waals surface area contributed by atoms with Crippen LogP contribution in [0.1, 0.15) is 4.88 Å². The fourth-order valence-electron chi connectivity index (χ4n) is 2.46. The van der Waals surface area contributed by atoms with Crippen molar-refractivity contribution in [1.29, 1.82) is 0 Å². The second kappa shape index (κ2) is 5.26. The molecule has 3 aromatic rings. The number of aromatic nitrogens is 1. The fourth-order valence-corrected chi connectivity index (χ4v) is 3.17. The average Bonchev–Trinajstić information content (AvgIpc) is 3.16. The van der Waals surface area contributed by atoms with Gasteiger partial charge in [-0.25, -0.2) is 4.98 Å². The van der Waals surface area contributed by atoms with E-state index in [9.17, 15) is 0 Å². The molecule has 0 aliphatic carbocycles. The van der Waals surface area contributed by atoms with Crippen LogP contribution in [-0.4, -0.2) is 18.3 Å². The molecule has 0 saturated carbocycles. The minimum Gasteiger partial charge on any atom is -0.454 e. The van der Waals surface area contributed by atoms with E-state index in [0.29, 0.717) is 6.79 Å². The van der Waals surface area contributed by atoms with Gasteiger partial charge in [0.1, 0.15) is 5.82 Å². The van der Waals surface area contributed by atoms with E-state index in [-0.39, 0.29) is 0 Å². The van der Waals surface area contributed by atoms with Crippen molar-refractivity contribution in [3.8, 4) is 11.5 Å². The van der Waals surface area contributed by atoms with Crippen LogP contribution in [0.3, 0.4) is 0 Å². The van der Waals surface area contributed by atoms with Gasteiger partial charge >= 0.3 is 0 Å². The number of hydrogen-bond donors (Lipinski definition) is 1. The number of thiophene rings is 1. The van der Waals surface area contributed by atoms with Crippen LogP contribution in [0.15, 0.2) is 41.9 Å². The highest BCUT2D eigenvalue weighted by molar-refractivity contribution is 7.09. The largest absolute Gasteiger partial charge is 0.454 e. The molecule has 0 saturated heterocycles. The molecule has 0 unspecified atom stereocenters. The monoisotopic (exact) mass is 298 g/mol. The highest BCUT2D eigenvalue weighted by Crippen LogP contribution is 2.37. The van der Waals surface area contributed by atoms with Crippen LogP contribution < -0.4 is 14.8 Å². The first-order valence-corrected chi connectivity index (χ1v) is 7.73. The smallest absolute Gasteiger partial charge is 0.231 e. The second-order valence-corrected chi connectivity index (χ2v) is 5.87. The van der Waals surface area contributed by atoms with E-state index in [1.165, 1.54) is 4.88 Å².